The number of nitrogens with one attached hydrogen (secondary N) is 1. The van der Waals surface area contributed by atoms with Crippen molar-refractivity contribution in [3.63, 3.8) is 0 Å². The topological polar surface area (TPSA) is 34.0 Å². The third-order valence-electron chi connectivity index (χ3n) is 2.46. The smallest absolute Gasteiger partial charge is 0.346 e. The maximum atomic E-state index is 12.4. The van der Waals surface area contributed by atoms with Gasteiger partial charge >= 0.3 is 6.18 Å². The van der Waals surface area contributed by atoms with E-state index in [9.17, 15) is 18.0 Å². The molecule has 108 valence electrons. The van der Waals surface area contributed by atoms with Gasteiger partial charge in [0.25, 0.3) is 5.91 Å². The summed E-state index contributed by atoms with van der Waals surface area (Å²) in [6.07, 6.45) is -3.11. The molecule has 20 heavy (non-hydrogen) atoms. The van der Waals surface area contributed by atoms with Gasteiger partial charge in [-0.1, -0.05) is 0 Å². The largest absolute Gasteiger partial charge is 0.406 e. The van der Waals surface area contributed by atoms with Crippen molar-refractivity contribution in [2.24, 2.45) is 0 Å². The molecule has 1 N–H and O–H groups in total. The molecule has 0 aliphatic carbocycles. The minimum atomic E-state index is -4.35. The molecular weight excluding hydrogens is 357 g/mol. The summed E-state index contributed by atoms with van der Waals surface area (Å²) >= 11 is 4.76. The Morgan fingerprint density at radius 1 is 1.35 bits per heavy atom. The van der Waals surface area contributed by atoms with E-state index in [1.165, 1.54) is 29.7 Å². The second kappa shape index (κ2) is 6.01. The first-order valence-electron chi connectivity index (χ1n) is 5.59. The van der Waals surface area contributed by atoms with E-state index in [0.29, 0.717) is 0 Å². The van der Waals surface area contributed by atoms with Crippen LogP contribution in [0.5, 0.6) is 0 Å². The Morgan fingerprint density at radius 2 is 2.10 bits per heavy atom. The molecule has 1 amide bonds. The van der Waals surface area contributed by atoms with Crippen LogP contribution in [0.2, 0.25) is 0 Å². The van der Waals surface area contributed by atoms with Crippen molar-refractivity contribution in [1.29, 1.82) is 0 Å². The summed E-state index contributed by atoms with van der Waals surface area (Å²) in [7, 11) is 0. The van der Waals surface area contributed by atoms with Gasteiger partial charge in [-0.2, -0.15) is 13.2 Å². The van der Waals surface area contributed by atoms with Crippen molar-refractivity contribution in [2.45, 2.75) is 19.3 Å². The van der Waals surface area contributed by atoms with Gasteiger partial charge in [0, 0.05) is 11.1 Å². The van der Waals surface area contributed by atoms with Crippen molar-refractivity contribution in [1.82, 2.24) is 9.88 Å². The minimum Gasteiger partial charge on any atom is -0.346 e. The lowest BCUT2D eigenvalue weighted by molar-refractivity contribution is -0.140. The molecule has 3 nitrogen and oxygen atoms in total. The fraction of sp³-hybridized carbons (Fsp3) is 0.250. The van der Waals surface area contributed by atoms with Crippen molar-refractivity contribution < 1.29 is 18.0 Å². The quantitative estimate of drug-likeness (QED) is 0.876. The molecule has 0 aliphatic heterocycles. The number of aromatic nitrogens is 1. The minimum absolute atomic E-state index is 0.00190. The van der Waals surface area contributed by atoms with Gasteiger partial charge in [0.1, 0.15) is 12.2 Å². The van der Waals surface area contributed by atoms with Crippen LogP contribution in [-0.2, 0) is 13.1 Å². The van der Waals surface area contributed by atoms with Gasteiger partial charge in [-0.3, -0.25) is 4.79 Å². The zero-order chi connectivity index (χ0) is 14.8. The second-order valence-corrected chi connectivity index (χ2v) is 6.57. The molecule has 0 bridgehead atoms. The first kappa shape index (κ1) is 15.1. The number of thiophene rings is 1. The number of nitrogens with zero attached hydrogens (tertiary/aromatic N) is 1. The summed E-state index contributed by atoms with van der Waals surface area (Å²) in [6, 6.07) is 6.47. The number of carbonyl (C=O) groups excluding carboxylic acids is 1. The van der Waals surface area contributed by atoms with Crippen LogP contribution < -0.4 is 5.32 Å². The number of rotatable bonds is 4. The Labute approximate surface area is 125 Å². The first-order chi connectivity index (χ1) is 9.35. The van der Waals surface area contributed by atoms with Gasteiger partial charge < -0.3 is 9.88 Å². The van der Waals surface area contributed by atoms with Crippen molar-refractivity contribution in [2.75, 3.05) is 0 Å². The monoisotopic (exact) mass is 366 g/mol. The molecule has 2 rings (SSSR count). The average molecular weight is 367 g/mol. The zero-order valence-electron chi connectivity index (χ0n) is 10.1. The normalized spacial score (nSPS) is 11.6. The van der Waals surface area contributed by atoms with Crippen LogP contribution in [0.15, 0.2) is 34.2 Å². The van der Waals surface area contributed by atoms with E-state index in [1.807, 2.05) is 12.1 Å². The number of amides is 1. The zero-order valence-corrected chi connectivity index (χ0v) is 12.5. The highest BCUT2D eigenvalue weighted by atomic mass is 79.9. The summed E-state index contributed by atoms with van der Waals surface area (Å²) < 4.78 is 38.9. The van der Waals surface area contributed by atoms with Gasteiger partial charge in [-0.05, 0) is 40.2 Å². The molecule has 0 radical (unpaired) electrons. The lowest BCUT2D eigenvalue weighted by atomic mass is 10.3. The van der Waals surface area contributed by atoms with E-state index >= 15 is 0 Å². The van der Waals surface area contributed by atoms with Crippen LogP contribution in [0.4, 0.5) is 13.2 Å². The number of hydrogen-bond acceptors (Lipinski definition) is 2. The molecule has 0 aliphatic rings. The predicted molar refractivity (Wildman–Crippen MR) is 73.7 cm³/mol. The number of halogens is 4. The molecule has 0 fully saturated rings. The molecule has 0 unspecified atom stereocenters. The molecule has 0 saturated heterocycles. The van der Waals surface area contributed by atoms with Crippen molar-refractivity contribution >= 4 is 33.2 Å². The van der Waals surface area contributed by atoms with E-state index in [0.717, 1.165) is 13.2 Å². The standard InChI is InChI=1S/C12H10BrF3N2OS/c13-10-4-3-8(20-10)6-17-11(19)9-2-1-5-18(9)7-12(14,15)16/h1-5H,6-7H2,(H,17,19). The maximum Gasteiger partial charge on any atom is 0.406 e. The molecule has 0 saturated carbocycles. The third kappa shape index (κ3) is 4.11. The summed E-state index contributed by atoms with van der Waals surface area (Å²) in [5.74, 6) is -0.524. The fourth-order valence-electron chi connectivity index (χ4n) is 1.66. The predicted octanol–water partition coefficient (Wildman–Crippen LogP) is 3.80. The van der Waals surface area contributed by atoms with Gasteiger partial charge in [-0.25, -0.2) is 0 Å². The van der Waals surface area contributed by atoms with Gasteiger partial charge in [0.05, 0.1) is 10.3 Å². The molecule has 0 aromatic carbocycles. The van der Waals surface area contributed by atoms with Crippen molar-refractivity contribution in [3.05, 3.63) is 44.8 Å². The highest BCUT2D eigenvalue weighted by Gasteiger charge is 2.29. The third-order valence-corrected chi connectivity index (χ3v) is 4.09. The van der Waals surface area contributed by atoms with E-state index in [1.54, 1.807) is 0 Å². The molecule has 2 heterocycles. The van der Waals surface area contributed by atoms with Crippen LogP contribution in [0, 0.1) is 0 Å². The first-order valence-corrected chi connectivity index (χ1v) is 7.20. The van der Waals surface area contributed by atoms with Crippen LogP contribution in [0.1, 0.15) is 15.4 Å². The number of hydrogen-bond donors (Lipinski definition) is 1. The van der Waals surface area contributed by atoms with Crippen LogP contribution >= 0.6 is 27.3 Å². The summed E-state index contributed by atoms with van der Waals surface area (Å²) in [5, 5.41) is 2.60. The summed E-state index contributed by atoms with van der Waals surface area (Å²) in [6.45, 7) is -0.889. The fourth-order valence-corrected chi connectivity index (χ4v) is 3.08. The Kier molecular flexibility index (Phi) is 4.54. The highest BCUT2D eigenvalue weighted by molar-refractivity contribution is 9.11. The van der Waals surface area contributed by atoms with Crippen molar-refractivity contribution in [3.8, 4) is 0 Å². The van der Waals surface area contributed by atoms with Gasteiger partial charge in [0.15, 0.2) is 0 Å². The molecule has 2 aromatic rings. The highest BCUT2D eigenvalue weighted by Crippen LogP contribution is 2.22. The molecule has 0 atom stereocenters. The van der Waals surface area contributed by atoms with Crippen LogP contribution in [0.25, 0.3) is 0 Å². The molecule has 8 heteroatoms. The Morgan fingerprint density at radius 3 is 2.70 bits per heavy atom. The van der Waals surface area contributed by atoms with E-state index < -0.39 is 18.6 Å². The molecule has 2 aromatic heterocycles. The lowest BCUT2D eigenvalue weighted by Crippen LogP contribution is -2.27. The van der Waals surface area contributed by atoms with E-state index in [2.05, 4.69) is 21.2 Å². The Bertz CT molecular complexity index is 606. The number of alkyl halides is 3. The Balaban J connectivity index is 2.01. The van der Waals surface area contributed by atoms with Gasteiger partial charge in [0.2, 0.25) is 0 Å². The molecular formula is C12H10BrF3N2OS. The maximum absolute atomic E-state index is 12.4. The van der Waals surface area contributed by atoms with E-state index in [-0.39, 0.29) is 12.2 Å². The summed E-state index contributed by atoms with van der Waals surface area (Å²) in [4.78, 5) is 12.8. The van der Waals surface area contributed by atoms with Gasteiger partial charge in [-0.15, -0.1) is 11.3 Å². The Hall–Kier alpha value is -1.28. The second-order valence-electron chi connectivity index (χ2n) is 4.03. The SMILES string of the molecule is O=C(NCc1ccc(Br)s1)c1cccn1CC(F)(F)F. The van der Waals surface area contributed by atoms with E-state index in [4.69, 9.17) is 0 Å². The molecule has 0 spiro atoms. The van der Waals surface area contributed by atoms with Crippen LogP contribution in [-0.4, -0.2) is 16.7 Å². The summed E-state index contributed by atoms with van der Waals surface area (Å²) in [5.41, 5.74) is -0.00190. The average Bonchev–Trinajstić information content (AvgIpc) is 2.93. The van der Waals surface area contributed by atoms with Crippen LogP contribution in [0.3, 0.4) is 0 Å². The lowest BCUT2D eigenvalue weighted by Gasteiger charge is -2.11. The number of carbonyl (C=O) groups is 1.